The highest BCUT2D eigenvalue weighted by molar-refractivity contribution is 6.32. The number of carbonyl (C=O) groups is 1. The summed E-state index contributed by atoms with van der Waals surface area (Å²) < 4.78 is 10.8. The number of methoxy groups -OCH3 is 1. The summed E-state index contributed by atoms with van der Waals surface area (Å²) in [6.07, 6.45) is 1.59. The molecule has 1 aromatic rings. The van der Waals surface area contributed by atoms with E-state index in [1.807, 2.05) is 24.0 Å². The zero-order valence-electron chi connectivity index (χ0n) is 12.3. The third-order valence-corrected chi connectivity index (χ3v) is 3.89. The lowest BCUT2D eigenvalue weighted by molar-refractivity contribution is -0.142. The van der Waals surface area contributed by atoms with E-state index in [1.165, 1.54) is 0 Å². The van der Waals surface area contributed by atoms with Crippen molar-refractivity contribution in [3.63, 3.8) is 0 Å². The lowest BCUT2D eigenvalue weighted by Crippen LogP contribution is -2.35. The van der Waals surface area contributed by atoms with Crippen LogP contribution in [0.15, 0.2) is 12.1 Å². The molecule has 0 amide bonds. The minimum atomic E-state index is -0.767. The van der Waals surface area contributed by atoms with Crippen LogP contribution in [0, 0.1) is 0 Å². The predicted molar refractivity (Wildman–Crippen MR) is 80.2 cm³/mol. The molecule has 0 aliphatic carbocycles. The van der Waals surface area contributed by atoms with E-state index in [1.54, 1.807) is 7.11 Å². The Morgan fingerprint density at radius 3 is 2.90 bits per heavy atom. The van der Waals surface area contributed by atoms with Gasteiger partial charge in [-0.2, -0.15) is 0 Å². The van der Waals surface area contributed by atoms with Gasteiger partial charge in [-0.3, -0.25) is 9.69 Å². The van der Waals surface area contributed by atoms with Crippen molar-refractivity contribution >= 4 is 17.6 Å². The van der Waals surface area contributed by atoms with Crippen LogP contribution < -0.4 is 9.47 Å². The number of likely N-dealkylation sites (tertiary alicyclic amines) is 1. The molecule has 0 aromatic heterocycles. The fourth-order valence-electron chi connectivity index (χ4n) is 2.68. The second kappa shape index (κ2) is 7.00. The molecule has 116 valence electrons. The van der Waals surface area contributed by atoms with Gasteiger partial charge in [0.2, 0.25) is 0 Å². The fraction of sp³-hybridized carbons (Fsp3) is 0.533. The quantitative estimate of drug-likeness (QED) is 0.875. The first kappa shape index (κ1) is 15.9. The molecule has 1 N–H and O–H groups in total. The lowest BCUT2D eigenvalue weighted by atomic mass is 10.1. The number of hydrogen-bond acceptors (Lipinski definition) is 4. The van der Waals surface area contributed by atoms with E-state index in [4.69, 9.17) is 21.1 Å². The molecule has 0 spiro atoms. The SMILES string of the molecule is CCOc1c(Cl)cc(CN2CCCC2C(=O)O)cc1OC. The zero-order valence-corrected chi connectivity index (χ0v) is 13.0. The third kappa shape index (κ3) is 3.60. The molecule has 0 saturated carbocycles. The van der Waals surface area contributed by atoms with Crippen molar-refractivity contribution in [2.45, 2.75) is 32.4 Å². The van der Waals surface area contributed by atoms with Gasteiger partial charge in [0.05, 0.1) is 18.7 Å². The summed E-state index contributed by atoms with van der Waals surface area (Å²) in [6, 6.07) is 3.25. The minimum Gasteiger partial charge on any atom is -0.493 e. The number of benzene rings is 1. The highest BCUT2D eigenvalue weighted by Crippen LogP contribution is 2.37. The first-order valence-corrected chi connectivity index (χ1v) is 7.40. The van der Waals surface area contributed by atoms with Crippen LogP contribution in [0.5, 0.6) is 11.5 Å². The van der Waals surface area contributed by atoms with E-state index in [9.17, 15) is 9.90 Å². The molecule has 1 atom stereocenters. The number of rotatable bonds is 6. The number of carboxylic acid groups (broad SMARTS) is 1. The van der Waals surface area contributed by atoms with Gasteiger partial charge in [-0.25, -0.2) is 0 Å². The molecule has 1 aliphatic rings. The van der Waals surface area contributed by atoms with E-state index >= 15 is 0 Å². The predicted octanol–water partition coefficient (Wildman–Crippen LogP) is 2.80. The van der Waals surface area contributed by atoms with Gasteiger partial charge in [0.25, 0.3) is 0 Å². The van der Waals surface area contributed by atoms with E-state index in [2.05, 4.69) is 0 Å². The maximum atomic E-state index is 11.2. The molecule has 1 fully saturated rings. The molecule has 21 heavy (non-hydrogen) atoms. The first-order valence-electron chi connectivity index (χ1n) is 7.02. The van der Waals surface area contributed by atoms with E-state index in [0.29, 0.717) is 36.1 Å². The van der Waals surface area contributed by atoms with Crippen LogP contribution in [0.2, 0.25) is 5.02 Å². The first-order chi connectivity index (χ1) is 10.1. The van der Waals surface area contributed by atoms with Gasteiger partial charge >= 0.3 is 5.97 Å². The Morgan fingerprint density at radius 2 is 2.29 bits per heavy atom. The second-order valence-electron chi connectivity index (χ2n) is 5.01. The van der Waals surface area contributed by atoms with Crippen LogP contribution in [0.25, 0.3) is 0 Å². The van der Waals surface area contributed by atoms with E-state index < -0.39 is 12.0 Å². The van der Waals surface area contributed by atoms with Crippen molar-refractivity contribution < 1.29 is 19.4 Å². The minimum absolute atomic E-state index is 0.415. The molecular formula is C15H20ClNO4. The zero-order chi connectivity index (χ0) is 15.4. The van der Waals surface area contributed by atoms with Crippen LogP contribution in [-0.4, -0.2) is 42.3 Å². The van der Waals surface area contributed by atoms with Crippen LogP contribution in [0.4, 0.5) is 0 Å². The van der Waals surface area contributed by atoms with E-state index in [0.717, 1.165) is 18.5 Å². The number of ether oxygens (including phenoxy) is 2. The Labute approximate surface area is 129 Å². The summed E-state index contributed by atoms with van der Waals surface area (Å²) in [5.74, 6) is 0.337. The summed E-state index contributed by atoms with van der Waals surface area (Å²) in [5, 5.41) is 9.70. The highest BCUT2D eigenvalue weighted by atomic mass is 35.5. The smallest absolute Gasteiger partial charge is 0.320 e. The molecule has 5 nitrogen and oxygen atoms in total. The highest BCUT2D eigenvalue weighted by Gasteiger charge is 2.30. The monoisotopic (exact) mass is 313 g/mol. The maximum Gasteiger partial charge on any atom is 0.320 e. The Balaban J connectivity index is 2.20. The number of nitrogens with zero attached hydrogens (tertiary/aromatic N) is 1. The average molecular weight is 314 g/mol. The van der Waals surface area contributed by atoms with Crippen LogP contribution >= 0.6 is 11.6 Å². The normalized spacial score (nSPS) is 18.7. The summed E-state index contributed by atoms with van der Waals surface area (Å²) in [6.45, 7) is 3.71. The van der Waals surface area contributed by atoms with E-state index in [-0.39, 0.29) is 0 Å². The average Bonchev–Trinajstić information content (AvgIpc) is 2.89. The van der Waals surface area contributed by atoms with Gasteiger partial charge < -0.3 is 14.6 Å². The molecule has 1 saturated heterocycles. The third-order valence-electron chi connectivity index (χ3n) is 3.61. The van der Waals surface area contributed by atoms with Crippen LogP contribution in [0.3, 0.4) is 0 Å². The number of halogens is 1. The topological polar surface area (TPSA) is 59.0 Å². The summed E-state index contributed by atoms with van der Waals surface area (Å²) in [5.41, 5.74) is 0.924. The van der Waals surface area contributed by atoms with Gasteiger partial charge in [0.1, 0.15) is 6.04 Å². The van der Waals surface area contributed by atoms with Gasteiger partial charge in [0, 0.05) is 6.54 Å². The number of hydrogen-bond donors (Lipinski definition) is 1. The largest absolute Gasteiger partial charge is 0.493 e. The van der Waals surface area contributed by atoms with Crippen molar-refractivity contribution in [3.05, 3.63) is 22.7 Å². The van der Waals surface area contributed by atoms with Crippen molar-refractivity contribution in [2.75, 3.05) is 20.3 Å². The summed E-state index contributed by atoms with van der Waals surface area (Å²) in [7, 11) is 1.56. The Morgan fingerprint density at radius 1 is 1.52 bits per heavy atom. The Hall–Kier alpha value is -1.46. The molecule has 6 heteroatoms. The van der Waals surface area contributed by atoms with Gasteiger partial charge in [0.15, 0.2) is 11.5 Å². The molecular weight excluding hydrogens is 294 g/mol. The van der Waals surface area contributed by atoms with Crippen molar-refractivity contribution in [1.82, 2.24) is 4.90 Å². The van der Waals surface area contributed by atoms with Crippen LogP contribution in [0.1, 0.15) is 25.3 Å². The van der Waals surface area contributed by atoms with Crippen molar-refractivity contribution in [1.29, 1.82) is 0 Å². The Bertz CT molecular complexity index is 521. The van der Waals surface area contributed by atoms with Crippen LogP contribution in [-0.2, 0) is 11.3 Å². The second-order valence-corrected chi connectivity index (χ2v) is 5.42. The molecule has 1 aliphatic heterocycles. The number of aliphatic carboxylic acids is 1. The molecule has 1 unspecified atom stereocenters. The summed E-state index contributed by atoms with van der Waals surface area (Å²) >= 11 is 6.24. The molecule has 1 heterocycles. The fourth-order valence-corrected chi connectivity index (χ4v) is 2.97. The standard InChI is InChI=1S/C15H20ClNO4/c1-3-21-14-11(16)7-10(8-13(14)20-2)9-17-6-4-5-12(17)15(18)19/h7-8,12H,3-6,9H2,1-2H3,(H,18,19). The van der Waals surface area contributed by atoms with Gasteiger partial charge in [-0.05, 0) is 44.0 Å². The molecule has 0 radical (unpaired) electrons. The molecule has 2 rings (SSSR count). The molecule has 0 bridgehead atoms. The van der Waals surface area contributed by atoms with Crippen molar-refractivity contribution in [2.24, 2.45) is 0 Å². The number of carboxylic acids is 1. The van der Waals surface area contributed by atoms with Gasteiger partial charge in [-0.1, -0.05) is 11.6 Å². The Kier molecular flexibility index (Phi) is 5.31. The maximum absolute atomic E-state index is 11.2. The lowest BCUT2D eigenvalue weighted by Gasteiger charge is -2.22. The van der Waals surface area contributed by atoms with Gasteiger partial charge in [-0.15, -0.1) is 0 Å². The molecule has 1 aromatic carbocycles. The summed E-state index contributed by atoms with van der Waals surface area (Å²) in [4.78, 5) is 13.2. The van der Waals surface area contributed by atoms with Crippen molar-refractivity contribution in [3.8, 4) is 11.5 Å².